The van der Waals surface area contributed by atoms with Gasteiger partial charge in [-0.05, 0) is 30.0 Å². The highest BCUT2D eigenvalue weighted by Crippen LogP contribution is 2.46. The highest BCUT2D eigenvalue weighted by Gasteiger charge is 2.32. The zero-order valence-electron chi connectivity index (χ0n) is 14.8. The molecular weight excluding hydrogens is 340 g/mol. The van der Waals surface area contributed by atoms with Gasteiger partial charge in [-0.15, -0.1) is 0 Å². The number of hydrogen-bond acceptors (Lipinski definition) is 5. The van der Waals surface area contributed by atoms with Crippen LogP contribution in [-0.2, 0) is 0 Å². The number of allylic oxidation sites excluding steroid dienone is 1. The van der Waals surface area contributed by atoms with Crippen LogP contribution >= 0.6 is 0 Å². The summed E-state index contributed by atoms with van der Waals surface area (Å²) in [5.74, 6) is 0.780. The highest BCUT2D eigenvalue weighted by atomic mass is 16.5. The maximum atomic E-state index is 10.0. The Hall–Kier alpha value is -3.65. The molecule has 4 rings (SSSR count). The first-order chi connectivity index (χ1) is 13.1. The molecule has 5 nitrogen and oxygen atoms in total. The zero-order chi connectivity index (χ0) is 19.0. The van der Waals surface area contributed by atoms with E-state index in [0.717, 1.165) is 21.9 Å². The number of fused-ring (bicyclic) bond motifs is 3. The Kier molecular flexibility index (Phi) is 4.09. The van der Waals surface area contributed by atoms with Crippen LogP contribution in [0, 0.1) is 11.3 Å². The molecule has 3 aromatic carbocycles. The molecule has 0 radical (unpaired) electrons. The van der Waals surface area contributed by atoms with Crippen LogP contribution < -0.4 is 15.2 Å². The molecular formula is C22H18N2O3. The topological polar surface area (TPSA) is 88.5 Å². The lowest BCUT2D eigenvalue weighted by Crippen LogP contribution is -2.21. The van der Waals surface area contributed by atoms with E-state index in [-0.39, 0.29) is 11.6 Å². The van der Waals surface area contributed by atoms with E-state index in [0.29, 0.717) is 23.7 Å². The summed E-state index contributed by atoms with van der Waals surface area (Å²) < 4.78 is 11.4. The largest absolute Gasteiger partial charge is 0.504 e. The van der Waals surface area contributed by atoms with Crippen LogP contribution in [0.4, 0.5) is 0 Å². The van der Waals surface area contributed by atoms with Crippen molar-refractivity contribution in [2.24, 2.45) is 5.73 Å². The number of nitriles is 1. The summed E-state index contributed by atoms with van der Waals surface area (Å²) in [7, 11) is 0. The molecule has 0 aliphatic carbocycles. The first-order valence-electron chi connectivity index (χ1n) is 8.69. The molecule has 0 amide bonds. The van der Waals surface area contributed by atoms with Crippen LogP contribution in [-0.4, -0.2) is 11.7 Å². The summed E-state index contributed by atoms with van der Waals surface area (Å²) in [4.78, 5) is 0. The second-order valence-electron chi connectivity index (χ2n) is 6.29. The SMILES string of the molecule is CCOc1cc([C@H]2C(C#N)=C(N)Oc3c2ccc2ccccc32)ccc1O. The van der Waals surface area contributed by atoms with Gasteiger partial charge in [0.05, 0.1) is 12.5 Å². The summed E-state index contributed by atoms with van der Waals surface area (Å²) in [6, 6.07) is 19.1. The van der Waals surface area contributed by atoms with E-state index in [9.17, 15) is 10.4 Å². The van der Waals surface area contributed by atoms with Gasteiger partial charge in [-0.3, -0.25) is 0 Å². The van der Waals surface area contributed by atoms with E-state index in [4.69, 9.17) is 15.2 Å². The Morgan fingerprint density at radius 2 is 2.00 bits per heavy atom. The van der Waals surface area contributed by atoms with Gasteiger partial charge in [-0.25, -0.2) is 0 Å². The lowest BCUT2D eigenvalue weighted by Gasteiger charge is -2.27. The molecule has 27 heavy (non-hydrogen) atoms. The molecule has 0 fully saturated rings. The molecule has 1 aliphatic rings. The second-order valence-corrected chi connectivity index (χ2v) is 6.29. The van der Waals surface area contributed by atoms with Crippen molar-refractivity contribution in [1.82, 2.24) is 0 Å². The first kappa shape index (κ1) is 16.8. The molecule has 0 spiro atoms. The van der Waals surface area contributed by atoms with Crippen molar-refractivity contribution in [2.75, 3.05) is 6.61 Å². The number of phenols is 1. The van der Waals surface area contributed by atoms with Crippen LogP contribution in [0.25, 0.3) is 10.8 Å². The van der Waals surface area contributed by atoms with E-state index < -0.39 is 5.92 Å². The van der Waals surface area contributed by atoms with E-state index in [1.54, 1.807) is 18.2 Å². The van der Waals surface area contributed by atoms with Crippen LogP contribution in [0.2, 0.25) is 0 Å². The summed E-state index contributed by atoms with van der Waals surface area (Å²) in [5, 5.41) is 21.7. The van der Waals surface area contributed by atoms with Gasteiger partial charge in [0.25, 0.3) is 0 Å². The molecule has 1 atom stereocenters. The highest BCUT2D eigenvalue weighted by molar-refractivity contribution is 5.91. The van der Waals surface area contributed by atoms with Crippen molar-refractivity contribution in [1.29, 1.82) is 5.26 Å². The fourth-order valence-corrected chi connectivity index (χ4v) is 3.51. The van der Waals surface area contributed by atoms with Crippen LogP contribution in [0.15, 0.2) is 66.1 Å². The predicted octanol–water partition coefficient (Wildman–Crippen LogP) is 4.16. The van der Waals surface area contributed by atoms with Crippen molar-refractivity contribution < 1.29 is 14.6 Å². The van der Waals surface area contributed by atoms with Gasteiger partial charge in [0.2, 0.25) is 5.88 Å². The van der Waals surface area contributed by atoms with E-state index in [1.165, 1.54) is 0 Å². The van der Waals surface area contributed by atoms with Gasteiger partial charge in [0, 0.05) is 10.9 Å². The standard InChI is InChI=1S/C22H18N2O3/c1-2-26-19-11-14(8-10-18(19)25)20-16-9-7-13-5-3-4-6-15(13)21(16)27-22(24)17(20)12-23/h3-11,20,25H,2,24H2,1H3/t20-/m1/s1. The minimum Gasteiger partial charge on any atom is -0.504 e. The minimum atomic E-state index is -0.400. The van der Waals surface area contributed by atoms with E-state index >= 15 is 0 Å². The number of aromatic hydroxyl groups is 1. The molecule has 5 heteroatoms. The van der Waals surface area contributed by atoms with Crippen LogP contribution in [0.1, 0.15) is 24.0 Å². The van der Waals surface area contributed by atoms with Gasteiger partial charge >= 0.3 is 0 Å². The van der Waals surface area contributed by atoms with Crippen molar-refractivity contribution in [3.05, 3.63) is 77.2 Å². The number of nitrogens with zero attached hydrogens (tertiary/aromatic N) is 1. The van der Waals surface area contributed by atoms with Crippen LogP contribution in [0.3, 0.4) is 0 Å². The minimum absolute atomic E-state index is 0.0573. The van der Waals surface area contributed by atoms with Crippen molar-refractivity contribution in [2.45, 2.75) is 12.8 Å². The Bertz CT molecular complexity index is 1110. The van der Waals surface area contributed by atoms with Crippen molar-refractivity contribution in [3.63, 3.8) is 0 Å². The maximum Gasteiger partial charge on any atom is 0.205 e. The molecule has 3 aromatic rings. The third kappa shape index (κ3) is 2.72. The maximum absolute atomic E-state index is 10.0. The van der Waals surface area contributed by atoms with Crippen molar-refractivity contribution in [3.8, 4) is 23.3 Å². The third-order valence-corrected chi connectivity index (χ3v) is 4.72. The molecule has 0 aromatic heterocycles. The summed E-state index contributed by atoms with van der Waals surface area (Å²) >= 11 is 0. The van der Waals surface area contributed by atoms with E-state index in [2.05, 4.69) is 6.07 Å². The number of rotatable bonds is 3. The van der Waals surface area contributed by atoms with Gasteiger partial charge in [-0.1, -0.05) is 42.5 Å². The predicted molar refractivity (Wildman–Crippen MR) is 103 cm³/mol. The van der Waals surface area contributed by atoms with Gasteiger partial charge in [0.15, 0.2) is 11.5 Å². The monoisotopic (exact) mass is 358 g/mol. The zero-order valence-corrected chi connectivity index (χ0v) is 14.8. The van der Waals surface area contributed by atoms with E-state index in [1.807, 2.05) is 43.3 Å². The average Bonchev–Trinajstić information content (AvgIpc) is 2.69. The van der Waals surface area contributed by atoms with Crippen LogP contribution in [0.5, 0.6) is 17.2 Å². The summed E-state index contributed by atoms with van der Waals surface area (Å²) in [5.41, 5.74) is 8.10. The molecule has 3 N–H and O–H groups in total. The summed E-state index contributed by atoms with van der Waals surface area (Å²) in [6.45, 7) is 2.27. The second kappa shape index (κ2) is 6.58. The smallest absolute Gasteiger partial charge is 0.205 e. The Morgan fingerprint density at radius 3 is 2.78 bits per heavy atom. The lowest BCUT2D eigenvalue weighted by molar-refractivity contribution is 0.317. The first-order valence-corrected chi connectivity index (χ1v) is 8.69. The number of nitrogens with two attached hydrogens (primary N) is 1. The lowest BCUT2D eigenvalue weighted by atomic mass is 9.82. The number of benzene rings is 3. The van der Waals surface area contributed by atoms with Crippen molar-refractivity contribution >= 4 is 10.8 Å². The molecule has 0 saturated carbocycles. The fraction of sp³-hybridized carbons (Fsp3) is 0.136. The van der Waals surface area contributed by atoms with Gasteiger partial charge in [-0.2, -0.15) is 5.26 Å². The fourth-order valence-electron chi connectivity index (χ4n) is 3.51. The summed E-state index contributed by atoms with van der Waals surface area (Å²) in [6.07, 6.45) is 0. The Balaban J connectivity index is 1.96. The normalized spacial score (nSPS) is 15.8. The average molecular weight is 358 g/mol. The Morgan fingerprint density at radius 1 is 1.19 bits per heavy atom. The molecule has 0 unspecified atom stereocenters. The molecule has 1 aliphatic heterocycles. The molecule has 134 valence electrons. The number of hydrogen-bond donors (Lipinski definition) is 2. The number of phenolic OH excluding ortho intramolecular Hbond substituents is 1. The third-order valence-electron chi connectivity index (χ3n) is 4.72. The molecule has 0 bridgehead atoms. The Labute approximate surface area is 156 Å². The van der Waals surface area contributed by atoms with Gasteiger partial charge in [0.1, 0.15) is 17.4 Å². The molecule has 0 saturated heterocycles. The van der Waals surface area contributed by atoms with Gasteiger partial charge < -0.3 is 20.3 Å². The molecule has 1 heterocycles. The quantitative estimate of drug-likeness (QED) is 0.734. The number of ether oxygens (including phenoxy) is 2.